The first kappa shape index (κ1) is 16.7. The normalized spacial score (nSPS) is 10.1. The molecule has 0 aromatic heterocycles. The third-order valence-corrected chi connectivity index (χ3v) is 3.47. The van der Waals surface area contributed by atoms with Crippen LogP contribution in [0.4, 0.5) is 11.4 Å². The summed E-state index contributed by atoms with van der Waals surface area (Å²) in [5, 5.41) is 2.95. The molecule has 0 atom stereocenters. The van der Waals surface area contributed by atoms with Crippen molar-refractivity contribution in [2.45, 2.75) is 6.42 Å². The minimum atomic E-state index is -0.0773. The lowest BCUT2D eigenvalue weighted by Gasteiger charge is -2.17. The Morgan fingerprint density at radius 1 is 1.04 bits per heavy atom. The fourth-order valence-electron chi connectivity index (χ4n) is 2.34. The van der Waals surface area contributed by atoms with Crippen molar-refractivity contribution >= 4 is 17.3 Å². The highest BCUT2D eigenvalue weighted by Crippen LogP contribution is 2.28. The Morgan fingerprint density at radius 3 is 2.39 bits per heavy atom. The summed E-state index contributed by atoms with van der Waals surface area (Å²) in [4.78, 5) is 14.3. The van der Waals surface area contributed by atoms with Gasteiger partial charge in [-0.3, -0.25) is 4.79 Å². The molecule has 5 heteroatoms. The van der Waals surface area contributed by atoms with Crippen LogP contribution in [-0.4, -0.2) is 34.2 Å². The van der Waals surface area contributed by atoms with Crippen LogP contribution >= 0.6 is 0 Å². The van der Waals surface area contributed by atoms with E-state index in [2.05, 4.69) is 5.32 Å². The summed E-state index contributed by atoms with van der Waals surface area (Å²) in [6.07, 6.45) is 0.266. The predicted molar refractivity (Wildman–Crippen MR) is 92.6 cm³/mol. The van der Waals surface area contributed by atoms with Gasteiger partial charge < -0.3 is 19.7 Å². The molecule has 0 fully saturated rings. The number of methoxy groups -OCH3 is 2. The molecule has 0 aliphatic carbocycles. The van der Waals surface area contributed by atoms with Gasteiger partial charge in [0.15, 0.2) is 11.5 Å². The molecule has 23 heavy (non-hydrogen) atoms. The number of hydrogen-bond donors (Lipinski definition) is 1. The standard InChI is InChI=1S/C18H22N2O3/c1-20(2)15-8-6-5-7-14(15)19-18(21)12-13-9-10-16(22-3)17(11-13)23-4/h5-11H,12H2,1-4H3,(H,19,21). The minimum absolute atomic E-state index is 0.0773. The number of hydrogen-bond acceptors (Lipinski definition) is 4. The maximum Gasteiger partial charge on any atom is 0.228 e. The number of rotatable bonds is 6. The fourth-order valence-corrected chi connectivity index (χ4v) is 2.34. The van der Waals surface area contributed by atoms with E-state index >= 15 is 0 Å². The molecule has 5 nitrogen and oxygen atoms in total. The van der Waals surface area contributed by atoms with Gasteiger partial charge in [0.25, 0.3) is 0 Å². The number of carbonyl (C=O) groups excluding carboxylic acids is 1. The smallest absolute Gasteiger partial charge is 0.228 e. The zero-order valence-electron chi connectivity index (χ0n) is 13.9. The molecule has 2 rings (SSSR count). The van der Waals surface area contributed by atoms with Crippen LogP contribution in [0.1, 0.15) is 5.56 Å². The summed E-state index contributed by atoms with van der Waals surface area (Å²) in [6, 6.07) is 13.2. The van der Waals surface area contributed by atoms with Crippen LogP contribution in [0.25, 0.3) is 0 Å². The lowest BCUT2D eigenvalue weighted by atomic mass is 10.1. The minimum Gasteiger partial charge on any atom is -0.493 e. The zero-order chi connectivity index (χ0) is 16.8. The van der Waals surface area contributed by atoms with Crippen molar-refractivity contribution < 1.29 is 14.3 Å². The highest BCUT2D eigenvalue weighted by Gasteiger charge is 2.11. The number of para-hydroxylation sites is 2. The Balaban J connectivity index is 2.11. The number of nitrogens with zero attached hydrogens (tertiary/aromatic N) is 1. The number of ether oxygens (including phenoxy) is 2. The Labute approximate surface area is 136 Å². The maximum atomic E-state index is 12.3. The van der Waals surface area contributed by atoms with Crippen LogP contribution < -0.4 is 19.7 Å². The second kappa shape index (κ2) is 7.54. The topological polar surface area (TPSA) is 50.8 Å². The number of nitrogens with one attached hydrogen (secondary N) is 1. The average Bonchev–Trinajstić information content (AvgIpc) is 2.54. The first-order chi connectivity index (χ1) is 11.0. The maximum absolute atomic E-state index is 12.3. The van der Waals surface area contributed by atoms with Gasteiger partial charge in [0.1, 0.15) is 0 Å². The molecule has 2 aromatic rings. The molecule has 0 saturated heterocycles. The van der Waals surface area contributed by atoms with Gasteiger partial charge >= 0.3 is 0 Å². The molecule has 1 N–H and O–H groups in total. The molecule has 0 spiro atoms. The van der Waals surface area contributed by atoms with Gasteiger partial charge in [-0.1, -0.05) is 18.2 Å². The van der Waals surface area contributed by atoms with Crippen molar-refractivity contribution in [3.8, 4) is 11.5 Å². The van der Waals surface area contributed by atoms with Gasteiger partial charge in [-0.2, -0.15) is 0 Å². The molecular weight excluding hydrogens is 292 g/mol. The lowest BCUT2D eigenvalue weighted by molar-refractivity contribution is -0.115. The Hall–Kier alpha value is -2.69. The zero-order valence-corrected chi connectivity index (χ0v) is 13.9. The Bertz CT molecular complexity index is 684. The van der Waals surface area contributed by atoms with E-state index in [1.165, 1.54) is 0 Å². The molecule has 1 amide bonds. The summed E-state index contributed by atoms with van der Waals surface area (Å²) in [7, 11) is 7.05. The van der Waals surface area contributed by atoms with E-state index in [9.17, 15) is 4.79 Å². The number of amides is 1. The van der Waals surface area contributed by atoms with Crippen molar-refractivity contribution in [3.05, 3.63) is 48.0 Å². The fraction of sp³-hybridized carbons (Fsp3) is 0.278. The quantitative estimate of drug-likeness (QED) is 0.890. The van der Waals surface area contributed by atoms with E-state index in [-0.39, 0.29) is 12.3 Å². The van der Waals surface area contributed by atoms with E-state index in [1.807, 2.05) is 55.4 Å². The van der Waals surface area contributed by atoms with Gasteiger partial charge in [-0.25, -0.2) is 0 Å². The van der Waals surface area contributed by atoms with Gasteiger partial charge in [-0.15, -0.1) is 0 Å². The van der Waals surface area contributed by atoms with Gasteiger partial charge in [0, 0.05) is 14.1 Å². The number of benzene rings is 2. The second-order valence-electron chi connectivity index (χ2n) is 5.33. The lowest BCUT2D eigenvalue weighted by Crippen LogP contribution is -2.18. The van der Waals surface area contributed by atoms with Crippen LogP contribution in [0.3, 0.4) is 0 Å². The van der Waals surface area contributed by atoms with Crippen LogP contribution in [0, 0.1) is 0 Å². The van der Waals surface area contributed by atoms with Crippen LogP contribution in [0.2, 0.25) is 0 Å². The van der Waals surface area contributed by atoms with E-state index in [0.717, 1.165) is 16.9 Å². The highest BCUT2D eigenvalue weighted by molar-refractivity contribution is 5.95. The van der Waals surface area contributed by atoms with Crippen molar-refractivity contribution in [2.75, 3.05) is 38.5 Å². The predicted octanol–water partition coefficient (Wildman–Crippen LogP) is 2.95. The van der Waals surface area contributed by atoms with Crippen LogP contribution in [0.5, 0.6) is 11.5 Å². The first-order valence-electron chi connectivity index (χ1n) is 7.32. The SMILES string of the molecule is COc1ccc(CC(=O)Nc2ccccc2N(C)C)cc1OC. The summed E-state index contributed by atoms with van der Waals surface area (Å²) in [5.41, 5.74) is 2.62. The molecule has 122 valence electrons. The average molecular weight is 314 g/mol. The molecule has 2 aromatic carbocycles. The molecule has 0 aliphatic rings. The van der Waals surface area contributed by atoms with E-state index < -0.39 is 0 Å². The Morgan fingerprint density at radius 2 is 1.74 bits per heavy atom. The summed E-state index contributed by atoms with van der Waals surface area (Å²) in [6.45, 7) is 0. The molecule has 0 bridgehead atoms. The molecule has 0 radical (unpaired) electrons. The third-order valence-electron chi connectivity index (χ3n) is 3.47. The molecule has 0 aliphatic heterocycles. The van der Waals surface area contributed by atoms with Gasteiger partial charge in [0.2, 0.25) is 5.91 Å². The monoisotopic (exact) mass is 314 g/mol. The van der Waals surface area contributed by atoms with Crippen molar-refractivity contribution in [3.63, 3.8) is 0 Å². The second-order valence-corrected chi connectivity index (χ2v) is 5.33. The van der Waals surface area contributed by atoms with E-state index in [0.29, 0.717) is 11.5 Å². The van der Waals surface area contributed by atoms with Crippen molar-refractivity contribution in [1.29, 1.82) is 0 Å². The Kier molecular flexibility index (Phi) is 5.46. The van der Waals surface area contributed by atoms with Crippen molar-refractivity contribution in [1.82, 2.24) is 0 Å². The van der Waals surface area contributed by atoms with Crippen LogP contribution in [0.15, 0.2) is 42.5 Å². The first-order valence-corrected chi connectivity index (χ1v) is 7.32. The highest BCUT2D eigenvalue weighted by atomic mass is 16.5. The van der Waals surface area contributed by atoms with Gasteiger partial charge in [0.05, 0.1) is 32.0 Å². The van der Waals surface area contributed by atoms with Gasteiger partial charge in [-0.05, 0) is 29.8 Å². The van der Waals surface area contributed by atoms with E-state index in [4.69, 9.17) is 9.47 Å². The summed E-state index contributed by atoms with van der Waals surface area (Å²) in [5.74, 6) is 1.19. The van der Waals surface area contributed by atoms with Crippen LogP contribution in [-0.2, 0) is 11.2 Å². The number of anilines is 2. The molecular formula is C18H22N2O3. The summed E-state index contributed by atoms with van der Waals surface area (Å²) >= 11 is 0. The number of carbonyl (C=O) groups is 1. The molecule has 0 heterocycles. The van der Waals surface area contributed by atoms with Crippen molar-refractivity contribution in [2.24, 2.45) is 0 Å². The largest absolute Gasteiger partial charge is 0.493 e. The molecule has 0 unspecified atom stereocenters. The molecule has 0 saturated carbocycles. The summed E-state index contributed by atoms with van der Waals surface area (Å²) < 4.78 is 10.5. The van der Waals surface area contributed by atoms with E-state index in [1.54, 1.807) is 20.3 Å². The third kappa shape index (κ3) is 4.16.